The summed E-state index contributed by atoms with van der Waals surface area (Å²) < 4.78 is 11.1. The Hall–Kier alpha value is -2.83. The smallest absolute Gasteiger partial charge is 0.220 e. The van der Waals surface area contributed by atoms with Gasteiger partial charge in [0, 0.05) is 54.6 Å². The number of H-pyrrole nitrogens is 1. The van der Waals surface area contributed by atoms with Gasteiger partial charge in [0.25, 0.3) is 0 Å². The highest BCUT2D eigenvalue weighted by Crippen LogP contribution is 2.38. The largest absolute Gasteiger partial charge is 0.496 e. The van der Waals surface area contributed by atoms with E-state index in [4.69, 9.17) is 9.47 Å². The van der Waals surface area contributed by atoms with Gasteiger partial charge in [-0.25, -0.2) is 0 Å². The number of fused-ring (bicyclic) bond motifs is 1. The third-order valence-corrected chi connectivity index (χ3v) is 6.57. The van der Waals surface area contributed by atoms with Crippen molar-refractivity contribution in [3.8, 4) is 5.75 Å². The van der Waals surface area contributed by atoms with Gasteiger partial charge in [0.2, 0.25) is 5.91 Å². The highest BCUT2D eigenvalue weighted by atomic mass is 16.5. The first kappa shape index (κ1) is 23.3. The Bertz CT molecular complexity index is 1060. The molecule has 6 heteroatoms. The maximum Gasteiger partial charge on any atom is 0.220 e. The number of amides is 1. The summed E-state index contributed by atoms with van der Waals surface area (Å²) in [5.74, 6) is 0.777. The van der Waals surface area contributed by atoms with E-state index in [2.05, 4.69) is 52.6 Å². The number of carbonyl (C=O) groups excluding carboxylic acids is 1. The minimum Gasteiger partial charge on any atom is -0.496 e. The second-order valence-corrected chi connectivity index (χ2v) is 8.59. The van der Waals surface area contributed by atoms with Gasteiger partial charge in [-0.1, -0.05) is 43.3 Å². The summed E-state index contributed by atoms with van der Waals surface area (Å²) in [5, 5.41) is 4.32. The summed E-state index contributed by atoms with van der Waals surface area (Å²) in [5.41, 5.74) is 4.60. The zero-order chi connectivity index (χ0) is 23.0. The van der Waals surface area contributed by atoms with Crippen LogP contribution in [-0.2, 0) is 16.0 Å². The van der Waals surface area contributed by atoms with Crippen LogP contribution in [0.25, 0.3) is 10.9 Å². The molecule has 0 aliphatic carbocycles. The Labute approximate surface area is 196 Å². The number of aromatic nitrogens is 1. The van der Waals surface area contributed by atoms with E-state index < -0.39 is 0 Å². The van der Waals surface area contributed by atoms with Crippen LogP contribution < -0.4 is 10.1 Å². The fraction of sp³-hybridized carbons (Fsp3) is 0.444. The quantitative estimate of drug-likeness (QED) is 0.458. The van der Waals surface area contributed by atoms with Gasteiger partial charge >= 0.3 is 0 Å². The number of aryl methyl sites for hydroxylation is 1. The van der Waals surface area contributed by atoms with Gasteiger partial charge in [-0.2, -0.15) is 0 Å². The standard InChI is InChI=1S/C27H35N3O3/c1-3-20-8-6-10-22-24(19-29-27(20)22)23(21-9-4-5-11-25(21)32-2)18-26(31)28-12-7-13-30-14-16-33-17-15-30/h4-6,8-11,19,23,29H,3,7,12-18H2,1-2H3,(H,28,31). The van der Waals surface area contributed by atoms with Crippen LogP contribution >= 0.6 is 0 Å². The summed E-state index contributed by atoms with van der Waals surface area (Å²) in [4.78, 5) is 18.9. The normalized spacial score (nSPS) is 15.5. The van der Waals surface area contributed by atoms with Crippen LogP contribution in [0.5, 0.6) is 5.75 Å². The molecular formula is C27H35N3O3. The number of nitrogens with one attached hydrogen (secondary N) is 2. The van der Waals surface area contributed by atoms with Gasteiger partial charge < -0.3 is 19.8 Å². The molecule has 2 aromatic carbocycles. The van der Waals surface area contributed by atoms with E-state index >= 15 is 0 Å². The van der Waals surface area contributed by atoms with Crippen LogP contribution in [-0.4, -0.2) is 62.3 Å². The van der Waals surface area contributed by atoms with Crippen LogP contribution in [0.15, 0.2) is 48.7 Å². The lowest BCUT2D eigenvalue weighted by molar-refractivity contribution is -0.121. The minimum atomic E-state index is -0.0961. The number of carbonyl (C=O) groups is 1. The van der Waals surface area contributed by atoms with E-state index in [0.29, 0.717) is 13.0 Å². The molecule has 1 aliphatic heterocycles. The van der Waals surface area contributed by atoms with Crippen molar-refractivity contribution in [3.05, 3.63) is 65.4 Å². The second-order valence-electron chi connectivity index (χ2n) is 8.59. The van der Waals surface area contributed by atoms with Crippen molar-refractivity contribution in [2.75, 3.05) is 46.5 Å². The molecule has 4 rings (SSSR count). The number of benzene rings is 2. The van der Waals surface area contributed by atoms with Crippen LogP contribution in [0.1, 0.15) is 42.4 Å². The van der Waals surface area contributed by atoms with E-state index in [-0.39, 0.29) is 11.8 Å². The first-order chi connectivity index (χ1) is 16.2. The third-order valence-electron chi connectivity index (χ3n) is 6.57. The third kappa shape index (κ3) is 5.57. The zero-order valence-corrected chi connectivity index (χ0v) is 19.7. The van der Waals surface area contributed by atoms with Crippen molar-refractivity contribution in [1.82, 2.24) is 15.2 Å². The molecule has 33 heavy (non-hydrogen) atoms. The molecule has 0 bridgehead atoms. The molecule has 1 aliphatic rings. The number of nitrogens with zero attached hydrogens (tertiary/aromatic N) is 1. The number of para-hydroxylation sites is 2. The molecule has 0 saturated carbocycles. The van der Waals surface area contributed by atoms with Gasteiger partial charge in [-0.05, 0) is 36.6 Å². The number of aromatic amines is 1. The Kier molecular flexibility index (Phi) is 8.02. The molecule has 1 unspecified atom stereocenters. The highest BCUT2D eigenvalue weighted by Gasteiger charge is 2.24. The molecule has 1 amide bonds. The number of methoxy groups -OCH3 is 1. The number of ether oxygens (including phenoxy) is 2. The van der Waals surface area contributed by atoms with Gasteiger partial charge in [0.05, 0.1) is 20.3 Å². The predicted molar refractivity (Wildman–Crippen MR) is 132 cm³/mol. The fourth-order valence-corrected chi connectivity index (χ4v) is 4.78. The molecule has 1 aromatic heterocycles. The first-order valence-corrected chi connectivity index (χ1v) is 12.0. The molecule has 176 valence electrons. The van der Waals surface area contributed by atoms with Crippen molar-refractivity contribution in [2.45, 2.75) is 32.1 Å². The molecule has 0 spiro atoms. The van der Waals surface area contributed by atoms with Gasteiger partial charge in [0.1, 0.15) is 5.75 Å². The fourth-order valence-electron chi connectivity index (χ4n) is 4.78. The Morgan fingerprint density at radius 3 is 2.76 bits per heavy atom. The predicted octanol–water partition coefficient (Wildman–Crippen LogP) is 4.10. The molecule has 6 nitrogen and oxygen atoms in total. The lowest BCUT2D eigenvalue weighted by Gasteiger charge is -2.26. The molecule has 1 saturated heterocycles. The lowest BCUT2D eigenvalue weighted by atomic mass is 9.87. The SMILES string of the molecule is CCc1cccc2c(C(CC(=O)NCCCN3CCOCC3)c3ccccc3OC)c[nH]c12. The molecule has 2 N–H and O–H groups in total. The van der Waals surface area contributed by atoms with E-state index in [9.17, 15) is 4.79 Å². The van der Waals surface area contributed by atoms with Crippen molar-refractivity contribution < 1.29 is 14.3 Å². The van der Waals surface area contributed by atoms with Crippen LogP contribution in [0, 0.1) is 0 Å². The lowest BCUT2D eigenvalue weighted by Crippen LogP contribution is -2.38. The van der Waals surface area contributed by atoms with E-state index in [1.165, 1.54) is 10.9 Å². The molecular weight excluding hydrogens is 414 g/mol. The Morgan fingerprint density at radius 2 is 1.97 bits per heavy atom. The maximum absolute atomic E-state index is 13.0. The van der Waals surface area contributed by atoms with Crippen LogP contribution in [0.2, 0.25) is 0 Å². The van der Waals surface area contributed by atoms with E-state index in [1.807, 2.05) is 18.2 Å². The molecule has 0 radical (unpaired) electrons. The molecule has 3 aromatic rings. The topological polar surface area (TPSA) is 66.6 Å². The summed E-state index contributed by atoms with van der Waals surface area (Å²) >= 11 is 0. The average molecular weight is 450 g/mol. The second kappa shape index (κ2) is 11.3. The number of rotatable bonds is 10. The van der Waals surface area contributed by atoms with Crippen molar-refractivity contribution in [3.63, 3.8) is 0 Å². The summed E-state index contributed by atoms with van der Waals surface area (Å²) in [7, 11) is 1.69. The van der Waals surface area contributed by atoms with Crippen molar-refractivity contribution in [2.24, 2.45) is 0 Å². The summed E-state index contributed by atoms with van der Waals surface area (Å²) in [6.45, 7) is 7.39. The number of morpholine rings is 1. The van der Waals surface area contributed by atoms with Crippen LogP contribution in [0.3, 0.4) is 0 Å². The maximum atomic E-state index is 13.0. The Balaban J connectivity index is 1.51. The number of hydrogen-bond acceptors (Lipinski definition) is 4. The van der Waals surface area contributed by atoms with E-state index in [1.54, 1.807) is 7.11 Å². The van der Waals surface area contributed by atoms with Crippen molar-refractivity contribution >= 4 is 16.8 Å². The first-order valence-electron chi connectivity index (χ1n) is 12.0. The minimum absolute atomic E-state index is 0.0638. The zero-order valence-electron chi connectivity index (χ0n) is 19.7. The van der Waals surface area contributed by atoms with Crippen molar-refractivity contribution in [1.29, 1.82) is 0 Å². The van der Waals surface area contributed by atoms with E-state index in [0.717, 1.165) is 68.1 Å². The summed E-state index contributed by atoms with van der Waals surface area (Å²) in [6.07, 6.45) is 4.34. The molecule has 2 heterocycles. The van der Waals surface area contributed by atoms with Gasteiger partial charge in [0.15, 0.2) is 0 Å². The number of hydrogen-bond donors (Lipinski definition) is 2. The molecule has 1 atom stereocenters. The average Bonchev–Trinajstić information content (AvgIpc) is 3.30. The Morgan fingerprint density at radius 1 is 1.15 bits per heavy atom. The highest BCUT2D eigenvalue weighted by molar-refractivity contribution is 5.88. The summed E-state index contributed by atoms with van der Waals surface area (Å²) in [6, 6.07) is 14.4. The van der Waals surface area contributed by atoms with Gasteiger partial charge in [-0.3, -0.25) is 9.69 Å². The van der Waals surface area contributed by atoms with Gasteiger partial charge in [-0.15, -0.1) is 0 Å². The molecule has 1 fully saturated rings. The van der Waals surface area contributed by atoms with Crippen LogP contribution in [0.4, 0.5) is 0 Å². The monoisotopic (exact) mass is 449 g/mol.